The monoisotopic (exact) mass is 362 g/mol. The molecule has 0 aliphatic rings. The lowest BCUT2D eigenvalue weighted by Crippen LogP contribution is -2.24. The van der Waals surface area contributed by atoms with E-state index in [1.165, 1.54) is 0 Å². The van der Waals surface area contributed by atoms with Crippen molar-refractivity contribution in [2.75, 3.05) is 13.7 Å². The molecule has 0 radical (unpaired) electrons. The van der Waals surface area contributed by atoms with Gasteiger partial charge in [-0.25, -0.2) is 5.43 Å². The molecule has 0 unspecified atom stereocenters. The summed E-state index contributed by atoms with van der Waals surface area (Å²) in [5.74, 6) is 1.05. The number of methoxy groups -OCH3 is 1. The highest BCUT2D eigenvalue weighted by atomic mass is 16.5. The zero-order chi connectivity index (χ0) is 19.2. The topological polar surface area (TPSA) is 59.9 Å². The first-order valence-corrected chi connectivity index (χ1v) is 8.66. The lowest BCUT2D eigenvalue weighted by Gasteiger charge is -2.09. The summed E-state index contributed by atoms with van der Waals surface area (Å²) in [5, 5.41) is 6.14. The van der Waals surface area contributed by atoms with Crippen molar-refractivity contribution in [2.24, 2.45) is 5.10 Å². The van der Waals surface area contributed by atoms with Crippen LogP contribution in [0.3, 0.4) is 0 Å². The van der Waals surface area contributed by atoms with E-state index in [0.717, 1.165) is 27.5 Å². The van der Waals surface area contributed by atoms with Gasteiger partial charge in [0, 0.05) is 5.56 Å². The van der Waals surface area contributed by atoms with Crippen molar-refractivity contribution >= 4 is 22.9 Å². The summed E-state index contributed by atoms with van der Waals surface area (Å²) in [5.41, 5.74) is 5.45. The molecule has 3 aromatic carbocycles. The van der Waals surface area contributed by atoms with Crippen LogP contribution in [-0.4, -0.2) is 25.8 Å². The smallest absolute Gasteiger partial charge is 0.277 e. The van der Waals surface area contributed by atoms with Crippen LogP contribution in [0, 0.1) is 13.8 Å². The summed E-state index contributed by atoms with van der Waals surface area (Å²) >= 11 is 0. The first-order chi connectivity index (χ1) is 13.1. The number of hydrogen-bond donors (Lipinski definition) is 1. The number of nitrogens with zero attached hydrogens (tertiary/aromatic N) is 1. The molecular formula is C22H22N2O3. The van der Waals surface area contributed by atoms with Crippen molar-refractivity contribution in [3.63, 3.8) is 0 Å². The molecule has 0 bridgehead atoms. The fourth-order valence-corrected chi connectivity index (χ4v) is 2.89. The van der Waals surface area contributed by atoms with Crippen LogP contribution in [0.4, 0.5) is 0 Å². The van der Waals surface area contributed by atoms with Crippen molar-refractivity contribution in [1.29, 1.82) is 0 Å². The van der Waals surface area contributed by atoms with Gasteiger partial charge in [0.2, 0.25) is 0 Å². The third-order valence-corrected chi connectivity index (χ3v) is 4.22. The molecule has 27 heavy (non-hydrogen) atoms. The predicted molar refractivity (Wildman–Crippen MR) is 108 cm³/mol. The maximum absolute atomic E-state index is 12.0. The second-order valence-corrected chi connectivity index (χ2v) is 6.25. The first-order valence-electron chi connectivity index (χ1n) is 8.66. The van der Waals surface area contributed by atoms with Gasteiger partial charge in [0.05, 0.1) is 13.3 Å². The van der Waals surface area contributed by atoms with E-state index in [9.17, 15) is 4.79 Å². The number of carbonyl (C=O) groups is 1. The molecule has 0 aliphatic heterocycles. The molecule has 0 fully saturated rings. The average Bonchev–Trinajstić information content (AvgIpc) is 2.67. The number of hydrazone groups is 1. The Morgan fingerprint density at radius 2 is 1.85 bits per heavy atom. The molecule has 3 rings (SSSR count). The van der Waals surface area contributed by atoms with Crippen LogP contribution in [0.25, 0.3) is 10.8 Å². The standard InChI is InChI=1S/C22H22N2O3/c1-15-8-10-20(16(2)12-15)27-14-22(25)24-23-13-19-18-7-5-4-6-17(18)9-11-21(19)26-3/h4-13H,14H2,1-3H3,(H,24,25)/b23-13+. The van der Waals surface area contributed by atoms with E-state index in [1.807, 2.05) is 68.4 Å². The predicted octanol–water partition coefficient (Wildman–Crippen LogP) is 3.99. The minimum absolute atomic E-state index is 0.103. The third-order valence-electron chi connectivity index (χ3n) is 4.22. The number of nitrogens with one attached hydrogen (secondary N) is 1. The average molecular weight is 362 g/mol. The summed E-state index contributed by atoms with van der Waals surface area (Å²) in [6.07, 6.45) is 1.59. The van der Waals surface area contributed by atoms with Gasteiger partial charge in [0.1, 0.15) is 11.5 Å². The second kappa shape index (κ2) is 8.36. The van der Waals surface area contributed by atoms with E-state index in [0.29, 0.717) is 11.5 Å². The maximum Gasteiger partial charge on any atom is 0.277 e. The van der Waals surface area contributed by atoms with Gasteiger partial charge in [-0.15, -0.1) is 0 Å². The molecule has 138 valence electrons. The van der Waals surface area contributed by atoms with E-state index in [2.05, 4.69) is 10.5 Å². The highest BCUT2D eigenvalue weighted by molar-refractivity contribution is 6.02. The van der Waals surface area contributed by atoms with Gasteiger partial charge < -0.3 is 9.47 Å². The molecule has 0 saturated carbocycles. The van der Waals surface area contributed by atoms with Crippen LogP contribution >= 0.6 is 0 Å². The number of carbonyl (C=O) groups excluding carboxylic acids is 1. The Hall–Kier alpha value is -3.34. The fraction of sp³-hybridized carbons (Fsp3) is 0.182. The van der Waals surface area contributed by atoms with E-state index in [4.69, 9.17) is 9.47 Å². The molecule has 0 saturated heterocycles. The number of benzene rings is 3. The van der Waals surface area contributed by atoms with Crippen LogP contribution < -0.4 is 14.9 Å². The summed E-state index contributed by atoms with van der Waals surface area (Å²) in [4.78, 5) is 12.0. The van der Waals surface area contributed by atoms with Crippen molar-refractivity contribution < 1.29 is 14.3 Å². The van der Waals surface area contributed by atoms with E-state index < -0.39 is 0 Å². The third kappa shape index (κ3) is 4.44. The van der Waals surface area contributed by atoms with Crippen molar-refractivity contribution in [3.05, 3.63) is 71.3 Å². The zero-order valence-corrected chi connectivity index (χ0v) is 15.7. The highest BCUT2D eigenvalue weighted by Gasteiger charge is 2.07. The van der Waals surface area contributed by atoms with Gasteiger partial charge >= 0.3 is 0 Å². The zero-order valence-electron chi connectivity index (χ0n) is 15.7. The number of hydrogen-bond acceptors (Lipinski definition) is 4. The molecular weight excluding hydrogens is 340 g/mol. The summed E-state index contributed by atoms with van der Waals surface area (Å²) < 4.78 is 11.0. The van der Waals surface area contributed by atoms with Crippen LogP contribution in [0.2, 0.25) is 0 Å². The van der Waals surface area contributed by atoms with E-state index in [1.54, 1.807) is 13.3 Å². The van der Waals surface area contributed by atoms with Gasteiger partial charge in [-0.05, 0) is 42.3 Å². The minimum Gasteiger partial charge on any atom is -0.496 e. The number of fused-ring (bicyclic) bond motifs is 1. The molecule has 1 amide bonds. The minimum atomic E-state index is -0.328. The fourth-order valence-electron chi connectivity index (χ4n) is 2.89. The molecule has 0 aromatic heterocycles. The molecule has 0 heterocycles. The number of rotatable bonds is 6. The van der Waals surface area contributed by atoms with Crippen molar-refractivity contribution in [2.45, 2.75) is 13.8 Å². The van der Waals surface area contributed by atoms with Gasteiger partial charge in [-0.3, -0.25) is 4.79 Å². The molecule has 5 heteroatoms. The van der Waals surface area contributed by atoms with Crippen LogP contribution in [0.15, 0.2) is 59.7 Å². The van der Waals surface area contributed by atoms with Gasteiger partial charge in [0.25, 0.3) is 5.91 Å². The number of amides is 1. The second-order valence-electron chi connectivity index (χ2n) is 6.25. The summed E-state index contributed by atoms with van der Waals surface area (Å²) in [6, 6.07) is 17.6. The normalized spacial score (nSPS) is 10.9. The van der Waals surface area contributed by atoms with E-state index >= 15 is 0 Å². The Morgan fingerprint density at radius 1 is 1.07 bits per heavy atom. The quantitative estimate of drug-likeness (QED) is 0.533. The van der Waals surface area contributed by atoms with E-state index in [-0.39, 0.29) is 12.5 Å². The maximum atomic E-state index is 12.0. The summed E-state index contributed by atoms with van der Waals surface area (Å²) in [6.45, 7) is 3.86. The molecule has 3 aromatic rings. The molecule has 1 N–H and O–H groups in total. The van der Waals surface area contributed by atoms with Crippen LogP contribution in [0.1, 0.15) is 16.7 Å². The first kappa shape index (κ1) is 18.5. The van der Waals surface area contributed by atoms with Gasteiger partial charge in [-0.2, -0.15) is 5.10 Å². The van der Waals surface area contributed by atoms with Crippen molar-refractivity contribution in [3.8, 4) is 11.5 Å². The van der Waals surface area contributed by atoms with Crippen LogP contribution in [0.5, 0.6) is 11.5 Å². The Morgan fingerprint density at radius 3 is 2.63 bits per heavy atom. The molecule has 0 atom stereocenters. The Bertz CT molecular complexity index is 996. The van der Waals surface area contributed by atoms with Crippen molar-refractivity contribution in [1.82, 2.24) is 5.43 Å². The Kier molecular flexibility index (Phi) is 5.71. The molecule has 0 spiro atoms. The Balaban J connectivity index is 1.66. The molecule has 5 nitrogen and oxygen atoms in total. The molecule has 0 aliphatic carbocycles. The SMILES string of the molecule is COc1ccc2ccccc2c1/C=N/NC(=O)COc1ccc(C)cc1C. The number of aryl methyl sites for hydroxylation is 2. The van der Waals surface area contributed by atoms with Gasteiger partial charge in [0.15, 0.2) is 6.61 Å². The highest BCUT2D eigenvalue weighted by Crippen LogP contribution is 2.26. The lowest BCUT2D eigenvalue weighted by atomic mass is 10.0. The Labute approximate surface area is 158 Å². The van der Waals surface area contributed by atoms with Gasteiger partial charge in [-0.1, -0.05) is 48.0 Å². The van der Waals surface area contributed by atoms with Crippen LogP contribution in [-0.2, 0) is 4.79 Å². The summed E-state index contributed by atoms with van der Waals surface area (Å²) in [7, 11) is 1.61. The number of ether oxygens (including phenoxy) is 2. The largest absolute Gasteiger partial charge is 0.496 e. The lowest BCUT2D eigenvalue weighted by molar-refractivity contribution is -0.123.